The summed E-state index contributed by atoms with van der Waals surface area (Å²) in [5.41, 5.74) is 7.04. The van der Waals surface area contributed by atoms with E-state index in [1.165, 1.54) is 16.4 Å². The predicted molar refractivity (Wildman–Crippen MR) is 97.4 cm³/mol. The summed E-state index contributed by atoms with van der Waals surface area (Å²) in [6.45, 7) is 5.10. The number of nitrogens with zero attached hydrogens (tertiary/aromatic N) is 3. The van der Waals surface area contributed by atoms with Gasteiger partial charge in [0.2, 0.25) is 10.0 Å². The molecule has 1 aliphatic heterocycles. The Morgan fingerprint density at radius 1 is 1.24 bits per heavy atom. The van der Waals surface area contributed by atoms with Crippen molar-refractivity contribution in [3.8, 4) is 0 Å². The largest absolute Gasteiger partial charge is 0.381 e. The molecule has 0 spiro atoms. The van der Waals surface area contributed by atoms with Crippen molar-refractivity contribution >= 4 is 15.8 Å². The van der Waals surface area contributed by atoms with Gasteiger partial charge in [0.05, 0.1) is 0 Å². The number of rotatable bonds is 6. The van der Waals surface area contributed by atoms with E-state index in [1.807, 2.05) is 25.1 Å². The maximum absolute atomic E-state index is 12.6. The van der Waals surface area contributed by atoms with Crippen LogP contribution in [-0.2, 0) is 23.1 Å². The van der Waals surface area contributed by atoms with Crippen molar-refractivity contribution in [2.24, 2.45) is 0 Å². The van der Waals surface area contributed by atoms with Crippen molar-refractivity contribution in [1.29, 1.82) is 0 Å². The van der Waals surface area contributed by atoms with Gasteiger partial charge >= 0.3 is 0 Å². The summed E-state index contributed by atoms with van der Waals surface area (Å²) in [6, 6.07) is 10.2. The molecule has 0 atom stereocenters. The number of nitrogens with one attached hydrogen (secondary N) is 1. The maximum Gasteiger partial charge on any atom is 0.246 e. The van der Waals surface area contributed by atoms with Crippen LogP contribution in [-0.4, -0.2) is 42.2 Å². The minimum Gasteiger partial charge on any atom is -0.381 e. The van der Waals surface area contributed by atoms with Crippen molar-refractivity contribution in [3.63, 3.8) is 0 Å². The summed E-state index contributed by atoms with van der Waals surface area (Å²) in [5.74, 6) is 0.0517. The van der Waals surface area contributed by atoms with Gasteiger partial charge in [0.1, 0.15) is 4.90 Å². The van der Waals surface area contributed by atoms with Crippen LogP contribution in [0.4, 0.5) is 5.82 Å². The standard InChI is InChI=1S/C17H25N5O2S/c1-2-22-13-16(17(18)19-22)25(23,24)20-15-8-10-21(11-9-15)12-14-6-4-3-5-7-14/h3-7,13,15,20H,2,8-12H2,1H3,(H2,18,19). The number of nitrogens with two attached hydrogens (primary N) is 1. The van der Waals surface area contributed by atoms with Gasteiger partial charge in [0.15, 0.2) is 5.82 Å². The quantitative estimate of drug-likeness (QED) is 0.810. The molecule has 3 N–H and O–H groups in total. The zero-order valence-electron chi connectivity index (χ0n) is 14.4. The van der Waals surface area contributed by atoms with Gasteiger partial charge in [-0.2, -0.15) is 5.10 Å². The lowest BCUT2D eigenvalue weighted by molar-refractivity contribution is 0.200. The summed E-state index contributed by atoms with van der Waals surface area (Å²) in [5, 5.41) is 4.01. The van der Waals surface area contributed by atoms with Crippen LogP contribution < -0.4 is 10.5 Å². The first kappa shape index (κ1) is 17.9. The molecule has 0 unspecified atom stereocenters. The summed E-state index contributed by atoms with van der Waals surface area (Å²) in [4.78, 5) is 2.42. The first-order valence-corrected chi connectivity index (χ1v) is 10.1. The molecule has 7 nitrogen and oxygen atoms in total. The van der Waals surface area contributed by atoms with Crippen molar-refractivity contribution < 1.29 is 8.42 Å². The maximum atomic E-state index is 12.6. The van der Waals surface area contributed by atoms with Gasteiger partial charge in [-0.1, -0.05) is 30.3 Å². The van der Waals surface area contributed by atoms with Gasteiger partial charge in [-0.05, 0) is 25.3 Å². The lowest BCUT2D eigenvalue weighted by Crippen LogP contribution is -2.44. The van der Waals surface area contributed by atoms with E-state index in [9.17, 15) is 8.42 Å². The summed E-state index contributed by atoms with van der Waals surface area (Å²) < 4.78 is 29.5. The fourth-order valence-electron chi connectivity index (χ4n) is 3.12. The summed E-state index contributed by atoms with van der Waals surface area (Å²) in [6.07, 6.45) is 3.06. The SMILES string of the molecule is CCn1cc(S(=O)(=O)NC2CCN(Cc3ccccc3)CC2)c(N)n1. The van der Waals surface area contributed by atoms with Gasteiger partial charge in [-0.25, -0.2) is 13.1 Å². The molecule has 1 aliphatic rings. The molecule has 3 rings (SSSR count). The Balaban J connectivity index is 1.57. The minimum atomic E-state index is -3.63. The number of aryl methyl sites for hydroxylation is 1. The Kier molecular flexibility index (Phi) is 5.41. The Morgan fingerprint density at radius 3 is 2.52 bits per heavy atom. The van der Waals surface area contributed by atoms with Crippen molar-refractivity contribution in [2.45, 2.75) is 43.8 Å². The second kappa shape index (κ2) is 7.55. The van der Waals surface area contributed by atoms with Crippen LogP contribution in [0.5, 0.6) is 0 Å². The van der Waals surface area contributed by atoms with E-state index in [0.717, 1.165) is 32.5 Å². The van der Waals surface area contributed by atoms with E-state index in [1.54, 1.807) is 0 Å². The highest BCUT2D eigenvalue weighted by Crippen LogP contribution is 2.20. The molecule has 2 heterocycles. The average molecular weight is 363 g/mol. The topological polar surface area (TPSA) is 93.2 Å². The molecule has 0 bridgehead atoms. The van der Waals surface area contributed by atoms with Crippen LogP contribution in [0.1, 0.15) is 25.3 Å². The van der Waals surface area contributed by atoms with E-state index in [2.05, 4.69) is 26.9 Å². The van der Waals surface area contributed by atoms with Crippen LogP contribution in [0.2, 0.25) is 0 Å². The number of sulfonamides is 1. The predicted octanol–water partition coefficient (Wildman–Crippen LogP) is 1.43. The number of piperidine rings is 1. The van der Waals surface area contributed by atoms with Crippen molar-refractivity contribution in [3.05, 3.63) is 42.1 Å². The summed E-state index contributed by atoms with van der Waals surface area (Å²) >= 11 is 0. The first-order chi connectivity index (χ1) is 12.0. The molecule has 0 aliphatic carbocycles. The number of anilines is 1. The van der Waals surface area contributed by atoms with E-state index >= 15 is 0 Å². The number of hydrogen-bond donors (Lipinski definition) is 2. The highest BCUT2D eigenvalue weighted by molar-refractivity contribution is 7.89. The molecule has 1 aromatic heterocycles. The fourth-order valence-corrected chi connectivity index (χ4v) is 4.50. The fraction of sp³-hybridized carbons (Fsp3) is 0.471. The van der Waals surface area contributed by atoms with Crippen molar-refractivity contribution in [2.75, 3.05) is 18.8 Å². The molecule has 2 aromatic rings. The van der Waals surface area contributed by atoms with Crippen LogP contribution >= 0.6 is 0 Å². The Hall–Kier alpha value is -1.90. The van der Waals surface area contributed by atoms with Gasteiger partial charge < -0.3 is 5.73 Å². The van der Waals surface area contributed by atoms with Gasteiger partial charge in [-0.3, -0.25) is 9.58 Å². The molecule has 1 saturated heterocycles. The minimum absolute atomic E-state index is 0.0517. The second-order valence-electron chi connectivity index (χ2n) is 6.39. The second-order valence-corrected chi connectivity index (χ2v) is 8.07. The zero-order valence-corrected chi connectivity index (χ0v) is 15.2. The molecule has 0 radical (unpaired) electrons. The van der Waals surface area contributed by atoms with Crippen LogP contribution in [0.3, 0.4) is 0 Å². The third-order valence-corrected chi connectivity index (χ3v) is 6.06. The number of hydrogen-bond acceptors (Lipinski definition) is 5. The van der Waals surface area contributed by atoms with E-state index < -0.39 is 10.0 Å². The third-order valence-electron chi connectivity index (χ3n) is 4.53. The molecule has 1 fully saturated rings. The molecule has 25 heavy (non-hydrogen) atoms. The number of likely N-dealkylation sites (tertiary alicyclic amines) is 1. The Morgan fingerprint density at radius 2 is 1.92 bits per heavy atom. The highest BCUT2D eigenvalue weighted by atomic mass is 32.2. The lowest BCUT2D eigenvalue weighted by atomic mass is 10.1. The summed E-state index contributed by atoms with van der Waals surface area (Å²) in [7, 11) is -3.63. The van der Waals surface area contributed by atoms with E-state index in [-0.39, 0.29) is 16.8 Å². The third kappa shape index (κ3) is 4.39. The number of benzene rings is 1. The van der Waals surface area contributed by atoms with Crippen LogP contribution in [0.25, 0.3) is 0 Å². The molecular formula is C17H25N5O2S. The molecule has 0 saturated carbocycles. The zero-order chi connectivity index (χ0) is 17.9. The molecule has 1 aromatic carbocycles. The first-order valence-electron chi connectivity index (χ1n) is 8.59. The van der Waals surface area contributed by atoms with E-state index in [4.69, 9.17) is 5.73 Å². The lowest BCUT2D eigenvalue weighted by Gasteiger charge is -2.32. The highest BCUT2D eigenvalue weighted by Gasteiger charge is 2.27. The number of aromatic nitrogens is 2. The normalized spacial score (nSPS) is 17.0. The average Bonchev–Trinajstić information content (AvgIpc) is 2.99. The monoisotopic (exact) mass is 363 g/mol. The van der Waals surface area contributed by atoms with Crippen molar-refractivity contribution in [1.82, 2.24) is 19.4 Å². The van der Waals surface area contributed by atoms with Gasteiger partial charge in [-0.15, -0.1) is 0 Å². The molecule has 0 amide bonds. The smallest absolute Gasteiger partial charge is 0.246 e. The van der Waals surface area contributed by atoms with Crippen LogP contribution in [0, 0.1) is 0 Å². The van der Waals surface area contributed by atoms with Crippen LogP contribution in [0.15, 0.2) is 41.4 Å². The van der Waals surface area contributed by atoms with E-state index in [0.29, 0.717) is 6.54 Å². The molecular weight excluding hydrogens is 338 g/mol. The molecule has 8 heteroatoms. The number of nitrogen functional groups attached to an aromatic ring is 1. The van der Waals surface area contributed by atoms with Gasteiger partial charge in [0, 0.05) is 38.4 Å². The molecule has 136 valence electrons. The Bertz CT molecular complexity index is 796. The Labute approximate surface area is 148 Å². The van der Waals surface area contributed by atoms with Gasteiger partial charge in [0.25, 0.3) is 0 Å².